The Hall–Kier alpha value is -2.48. The fourth-order valence-electron chi connectivity index (χ4n) is 3.41. The predicted octanol–water partition coefficient (Wildman–Crippen LogP) is 3.51. The first-order valence-corrected chi connectivity index (χ1v) is 9.58. The number of hydrogen-bond acceptors (Lipinski definition) is 4. The number of aliphatic hydroxyl groups excluding tert-OH is 1. The molecule has 1 fully saturated rings. The van der Waals surface area contributed by atoms with E-state index < -0.39 is 0 Å². The van der Waals surface area contributed by atoms with Crippen LogP contribution in [0.2, 0.25) is 0 Å². The summed E-state index contributed by atoms with van der Waals surface area (Å²) < 4.78 is 5.22. The van der Waals surface area contributed by atoms with Gasteiger partial charge in [0.2, 0.25) is 0 Å². The Balaban J connectivity index is 1.52. The van der Waals surface area contributed by atoms with E-state index in [1.165, 1.54) is 18.4 Å². The zero-order valence-corrected chi connectivity index (χ0v) is 15.9. The van der Waals surface area contributed by atoms with E-state index >= 15 is 0 Å². The molecule has 4 nitrogen and oxygen atoms in total. The van der Waals surface area contributed by atoms with Crippen LogP contribution in [0.5, 0.6) is 5.75 Å². The second kappa shape index (κ2) is 10.0. The van der Waals surface area contributed by atoms with Crippen molar-refractivity contribution in [3.8, 4) is 17.6 Å². The van der Waals surface area contributed by atoms with Gasteiger partial charge in [-0.3, -0.25) is 4.90 Å². The van der Waals surface area contributed by atoms with Crippen molar-refractivity contribution in [2.24, 2.45) is 0 Å². The van der Waals surface area contributed by atoms with E-state index in [-0.39, 0.29) is 6.61 Å². The number of ether oxygens (including phenoxy) is 1. The summed E-state index contributed by atoms with van der Waals surface area (Å²) in [6.07, 6.45) is 2.93. The highest BCUT2D eigenvalue weighted by molar-refractivity contribution is 5.47. The summed E-state index contributed by atoms with van der Waals surface area (Å²) in [5.41, 5.74) is 3.46. The van der Waals surface area contributed by atoms with Gasteiger partial charge >= 0.3 is 0 Å². The van der Waals surface area contributed by atoms with Crippen LogP contribution in [-0.2, 0) is 6.54 Å². The smallest absolute Gasteiger partial charge is 0.119 e. The van der Waals surface area contributed by atoms with Gasteiger partial charge in [0, 0.05) is 36.8 Å². The molecule has 1 unspecified atom stereocenters. The number of likely N-dealkylation sites (tertiary alicyclic amines) is 1. The molecular formula is C23H28N2O2. The monoisotopic (exact) mass is 364 g/mol. The number of hydrogen-bond donors (Lipinski definition) is 2. The summed E-state index contributed by atoms with van der Waals surface area (Å²) in [7, 11) is 1.69. The average Bonchev–Trinajstić information content (AvgIpc) is 2.70. The Kier molecular flexibility index (Phi) is 7.15. The topological polar surface area (TPSA) is 44.7 Å². The van der Waals surface area contributed by atoms with Crippen molar-refractivity contribution in [1.82, 2.24) is 4.90 Å². The maximum Gasteiger partial charge on any atom is 0.119 e. The van der Waals surface area contributed by atoms with Gasteiger partial charge in [-0.2, -0.15) is 0 Å². The number of nitrogens with one attached hydrogen (secondary N) is 1. The van der Waals surface area contributed by atoms with Crippen molar-refractivity contribution in [1.29, 1.82) is 0 Å². The zero-order chi connectivity index (χ0) is 18.9. The van der Waals surface area contributed by atoms with Gasteiger partial charge < -0.3 is 15.2 Å². The molecule has 0 amide bonds. The molecule has 0 aliphatic carbocycles. The number of rotatable bonds is 6. The predicted molar refractivity (Wildman–Crippen MR) is 110 cm³/mol. The number of nitrogens with zero attached hydrogens (tertiary/aromatic N) is 1. The first-order chi connectivity index (χ1) is 13.3. The van der Waals surface area contributed by atoms with Gasteiger partial charge in [-0.15, -0.1) is 0 Å². The quantitative estimate of drug-likeness (QED) is 0.770. The zero-order valence-electron chi connectivity index (χ0n) is 15.9. The highest BCUT2D eigenvalue weighted by Crippen LogP contribution is 2.20. The largest absolute Gasteiger partial charge is 0.497 e. The first-order valence-electron chi connectivity index (χ1n) is 9.58. The molecule has 1 aliphatic rings. The molecule has 0 saturated carbocycles. The minimum atomic E-state index is 0.117. The Labute approximate surface area is 162 Å². The third kappa shape index (κ3) is 6.02. The summed E-state index contributed by atoms with van der Waals surface area (Å²) >= 11 is 0. The summed E-state index contributed by atoms with van der Waals surface area (Å²) in [5.74, 6) is 6.92. The fraction of sp³-hybridized carbons (Fsp3) is 0.391. The van der Waals surface area contributed by atoms with E-state index in [0.717, 1.165) is 36.6 Å². The molecule has 1 saturated heterocycles. The van der Waals surface area contributed by atoms with Crippen LogP contribution >= 0.6 is 0 Å². The molecular weight excluding hydrogens is 336 g/mol. The van der Waals surface area contributed by atoms with Crippen LogP contribution in [0.15, 0.2) is 48.5 Å². The maximum atomic E-state index is 8.79. The molecule has 0 aromatic heterocycles. The Morgan fingerprint density at radius 1 is 1.15 bits per heavy atom. The molecule has 142 valence electrons. The Morgan fingerprint density at radius 2 is 1.93 bits per heavy atom. The minimum absolute atomic E-state index is 0.117. The lowest BCUT2D eigenvalue weighted by Gasteiger charge is -2.33. The summed E-state index contributed by atoms with van der Waals surface area (Å²) in [6, 6.07) is 17.1. The van der Waals surface area contributed by atoms with Gasteiger partial charge in [0.1, 0.15) is 5.75 Å². The Bertz CT molecular complexity index is 760. The fourth-order valence-corrected chi connectivity index (χ4v) is 3.41. The molecule has 4 heteroatoms. The van der Waals surface area contributed by atoms with Crippen molar-refractivity contribution in [3.63, 3.8) is 0 Å². The van der Waals surface area contributed by atoms with Crippen LogP contribution < -0.4 is 10.1 Å². The molecule has 2 aromatic carbocycles. The summed E-state index contributed by atoms with van der Waals surface area (Å²) in [5, 5.41) is 12.4. The van der Waals surface area contributed by atoms with Gasteiger partial charge in [0.25, 0.3) is 0 Å². The number of aliphatic hydroxyl groups is 1. The third-order valence-electron chi connectivity index (χ3n) is 4.80. The molecule has 2 aromatic rings. The highest BCUT2D eigenvalue weighted by atomic mass is 16.5. The van der Waals surface area contributed by atoms with Crippen molar-refractivity contribution < 1.29 is 9.84 Å². The SMILES string of the molecule is COc1ccc(NC2CCCN(Cc3ccc(C#CCCO)cc3)C2)cc1. The minimum Gasteiger partial charge on any atom is -0.497 e. The maximum absolute atomic E-state index is 8.79. The van der Waals surface area contributed by atoms with Crippen molar-refractivity contribution in [2.45, 2.75) is 31.8 Å². The molecule has 1 atom stereocenters. The first kappa shape index (κ1) is 19.3. The van der Waals surface area contributed by atoms with Crippen LogP contribution in [0.4, 0.5) is 5.69 Å². The normalized spacial score (nSPS) is 17.0. The van der Waals surface area contributed by atoms with E-state index in [0.29, 0.717) is 12.5 Å². The number of methoxy groups -OCH3 is 1. The lowest BCUT2D eigenvalue weighted by atomic mass is 10.0. The van der Waals surface area contributed by atoms with E-state index in [1.54, 1.807) is 7.11 Å². The third-order valence-corrected chi connectivity index (χ3v) is 4.80. The van der Waals surface area contributed by atoms with Gasteiger partial charge in [0.05, 0.1) is 13.7 Å². The summed E-state index contributed by atoms with van der Waals surface area (Å²) in [4.78, 5) is 2.51. The van der Waals surface area contributed by atoms with Crippen LogP contribution in [0, 0.1) is 11.8 Å². The van der Waals surface area contributed by atoms with Crippen LogP contribution in [-0.4, -0.2) is 42.9 Å². The second-order valence-corrected chi connectivity index (χ2v) is 6.92. The van der Waals surface area contributed by atoms with Gasteiger partial charge in [-0.05, 0) is 61.3 Å². The van der Waals surface area contributed by atoms with Crippen LogP contribution in [0.25, 0.3) is 0 Å². The van der Waals surface area contributed by atoms with Gasteiger partial charge in [-0.1, -0.05) is 24.0 Å². The number of anilines is 1. The molecule has 27 heavy (non-hydrogen) atoms. The van der Waals surface area contributed by atoms with Gasteiger partial charge in [-0.25, -0.2) is 0 Å². The molecule has 1 aliphatic heterocycles. The van der Waals surface area contributed by atoms with E-state index in [2.05, 4.69) is 58.5 Å². The van der Waals surface area contributed by atoms with Crippen LogP contribution in [0.1, 0.15) is 30.4 Å². The molecule has 0 bridgehead atoms. The molecule has 0 spiro atoms. The van der Waals surface area contributed by atoms with Crippen molar-refractivity contribution in [2.75, 3.05) is 32.1 Å². The van der Waals surface area contributed by atoms with Gasteiger partial charge in [0.15, 0.2) is 0 Å². The second-order valence-electron chi connectivity index (χ2n) is 6.92. The van der Waals surface area contributed by atoms with Crippen molar-refractivity contribution in [3.05, 3.63) is 59.7 Å². The molecule has 2 N–H and O–H groups in total. The number of piperidine rings is 1. The molecule has 3 rings (SSSR count). The molecule has 1 heterocycles. The lowest BCUT2D eigenvalue weighted by molar-refractivity contribution is 0.208. The Morgan fingerprint density at radius 3 is 2.63 bits per heavy atom. The highest BCUT2D eigenvalue weighted by Gasteiger charge is 2.19. The van der Waals surface area contributed by atoms with E-state index in [1.807, 2.05) is 12.1 Å². The standard InChI is InChI=1S/C23H28N2O2/c1-27-23-13-11-21(12-14-23)24-22-6-4-15-25(18-22)17-20-9-7-19(8-10-20)5-2-3-16-26/h7-14,22,24,26H,3-4,6,15-18H2,1H3. The van der Waals surface area contributed by atoms with E-state index in [9.17, 15) is 0 Å². The lowest BCUT2D eigenvalue weighted by Crippen LogP contribution is -2.41. The van der Waals surface area contributed by atoms with Crippen molar-refractivity contribution >= 4 is 5.69 Å². The average molecular weight is 364 g/mol. The van der Waals surface area contributed by atoms with Crippen LogP contribution in [0.3, 0.4) is 0 Å². The number of benzene rings is 2. The van der Waals surface area contributed by atoms with E-state index in [4.69, 9.17) is 9.84 Å². The summed E-state index contributed by atoms with van der Waals surface area (Å²) in [6.45, 7) is 3.26. The molecule has 0 radical (unpaired) electrons.